The zero-order chi connectivity index (χ0) is 10.9. The van der Waals surface area contributed by atoms with Gasteiger partial charge in [-0.25, -0.2) is 0 Å². The molecule has 80 valence electrons. The van der Waals surface area contributed by atoms with Crippen LogP contribution in [0.4, 0.5) is 26.3 Å². The fourth-order valence-corrected chi connectivity index (χ4v) is 0.363. The number of alkyl halides is 8. The molecule has 0 rings (SSSR count). The molecule has 0 amide bonds. The first-order valence-electron chi connectivity index (χ1n) is 2.61. The quantitative estimate of drug-likeness (QED) is 0.552. The minimum atomic E-state index is -4.96. The molecule has 0 aliphatic rings. The molecule has 1 atom stereocenters. The first-order valence-corrected chi connectivity index (χ1v) is 3.36. The maximum Gasteiger partial charge on any atom is 0.411 e. The van der Waals surface area contributed by atoms with Gasteiger partial charge in [0.25, 0.3) is 0 Å². The Balaban J connectivity index is 4.21. The van der Waals surface area contributed by atoms with Crippen LogP contribution in [-0.2, 0) is 4.74 Å². The van der Waals surface area contributed by atoms with Gasteiger partial charge in [-0.05, 0) is 23.2 Å². The molecule has 1 nitrogen and oxygen atoms in total. The second kappa shape index (κ2) is 3.70. The van der Waals surface area contributed by atoms with Gasteiger partial charge in [-0.15, -0.1) is 0 Å². The van der Waals surface area contributed by atoms with Crippen molar-refractivity contribution in [2.24, 2.45) is 0 Å². The van der Waals surface area contributed by atoms with Crippen molar-refractivity contribution in [2.75, 3.05) is 6.61 Å². The molecule has 9 heteroatoms. The van der Waals surface area contributed by atoms with Crippen molar-refractivity contribution >= 4 is 23.2 Å². The van der Waals surface area contributed by atoms with E-state index in [4.69, 9.17) is 0 Å². The van der Waals surface area contributed by atoms with Gasteiger partial charge in [0.1, 0.15) is 6.61 Å². The van der Waals surface area contributed by atoms with E-state index in [9.17, 15) is 26.3 Å². The molecule has 1 unspecified atom stereocenters. The van der Waals surface area contributed by atoms with Crippen LogP contribution in [0.5, 0.6) is 0 Å². The monoisotopic (exact) mass is 250 g/mol. The van der Waals surface area contributed by atoms with E-state index in [1.165, 1.54) is 0 Å². The first-order chi connectivity index (χ1) is 5.46. The van der Waals surface area contributed by atoms with Crippen LogP contribution in [0.1, 0.15) is 0 Å². The molecule has 0 aromatic rings. The standard InChI is InChI=1S/C4H2Cl2F6O/c5-3(10,11)4(6,12)13-1-2(7,8)9/h1H2. The van der Waals surface area contributed by atoms with E-state index in [1.807, 2.05) is 0 Å². The number of halogens is 8. The summed E-state index contributed by atoms with van der Waals surface area (Å²) in [6.07, 6.45) is -4.96. The van der Waals surface area contributed by atoms with Crippen LogP contribution in [0.15, 0.2) is 0 Å². The van der Waals surface area contributed by atoms with Crippen molar-refractivity contribution < 1.29 is 31.1 Å². The van der Waals surface area contributed by atoms with Crippen LogP contribution in [0.25, 0.3) is 0 Å². The van der Waals surface area contributed by atoms with Crippen LogP contribution in [0.2, 0.25) is 0 Å². The summed E-state index contributed by atoms with van der Waals surface area (Å²) in [5, 5.41) is -9.11. The highest BCUT2D eigenvalue weighted by Crippen LogP contribution is 2.41. The molecule has 0 saturated heterocycles. The van der Waals surface area contributed by atoms with Crippen molar-refractivity contribution in [1.29, 1.82) is 0 Å². The molecule has 13 heavy (non-hydrogen) atoms. The van der Waals surface area contributed by atoms with E-state index >= 15 is 0 Å². The first kappa shape index (κ1) is 13.1. The van der Waals surface area contributed by atoms with Gasteiger partial charge in [0.2, 0.25) is 0 Å². The molecule has 0 aliphatic carbocycles. The van der Waals surface area contributed by atoms with Gasteiger partial charge in [-0.2, -0.15) is 26.3 Å². The van der Waals surface area contributed by atoms with Gasteiger partial charge in [-0.1, -0.05) is 0 Å². The topological polar surface area (TPSA) is 9.23 Å². The molecule has 0 aromatic carbocycles. The van der Waals surface area contributed by atoms with E-state index in [2.05, 4.69) is 27.9 Å². The molecular weight excluding hydrogens is 249 g/mol. The summed E-state index contributed by atoms with van der Waals surface area (Å²) in [5.74, 6) is 0. The van der Waals surface area contributed by atoms with E-state index in [-0.39, 0.29) is 0 Å². The lowest BCUT2D eigenvalue weighted by atomic mass is 10.6. The van der Waals surface area contributed by atoms with Crippen LogP contribution < -0.4 is 0 Å². The summed E-state index contributed by atoms with van der Waals surface area (Å²) >= 11 is 8.27. The summed E-state index contributed by atoms with van der Waals surface area (Å²) in [6, 6.07) is 0. The molecule has 0 aliphatic heterocycles. The Labute approximate surface area is 78.5 Å². The normalized spacial score (nSPS) is 18.5. The highest BCUT2D eigenvalue weighted by molar-refractivity contribution is 6.31. The van der Waals surface area contributed by atoms with Gasteiger partial charge < -0.3 is 4.74 Å². The lowest BCUT2D eigenvalue weighted by Gasteiger charge is -2.22. The van der Waals surface area contributed by atoms with E-state index in [0.717, 1.165) is 0 Å². The Bertz CT molecular complexity index is 172. The number of hydrogen-bond donors (Lipinski definition) is 0. The predicted molar refractivity (Wildman–Crippen MR) is 32.5 cm³/mol. The molecule has 0 aromatic heterocycles. The Hall–Kier alpha value is 0.120. The van der Waals surface area contributed by atoms with E-state index < -0.39 is 23.5 Å². The largest absolute Gasteiger partial charge is 0.411 e. The molecule has 0 N–H and O–H groups in total. The SMILES string of the molecule is FC(F)(F)COC(F)(Cl)C(F)(F)Cl. The Morgan fingerprint density at radius 2 is 1.31 bits per heavy atom. The molecule has 0 spiro atoms. The Morgan fingerprint density at radius 3 is 1.54 bits per heavy atom. The van der Waals surface area contributed by atoms with E-state index in [0.29, 0.717) is 0 Å². The third-order valence-corrected chi connectivity index (χ3v) is 1.43. The highest BCUT2D eigenvalue weighted by atomic mass is 35.5. The minimum Gasteiger partial charge on any atom is -0.319 e. The number of hydrogen-bond acceptors (Lipinski definition) is 1. The fraction of sp³-hybridized carbons (Fsp3) is 1.00. The van der Waals surface area contributed by atoms with E-state index in [1.54, 1.807) is 0 Å². The van der Waals surface area contributed by atoms with Crippen molar-refractivity contribution in [2.45, 2.75) is 16.9 Å². The minimum absolute atomic E-state index is 2.25. The second-order valence-electron chi connectivity index (χ2n) is 1.92. The lowest BCUT2D eigenvalue weighted by molar-refractivity contribution is -0.248. The lowest BCUT2D eigenvalue weighted by Crippen LogP contribution is -2.39. The zero-order valence-electron chi connectivity index (χ0n) is 5.64. The summed E-state index contributed by atoms with van der Waals surface area (Å²) in [7, 11) is 0. The molecular formula is C4H2Cl2F6O. The average molecular weight is 251 g/mol. The summed E-state index contributed by atoms with van der Waals surface area (Å²) < 4.78 is 73.0. The van der Waals surface area contributed by atoms with Crippen molar-refractivity contribution in [1.82, 2.24) is 0 Å². The smallest absolute Gasteiger partial charge is 0.319 e. The summed E-state index contributed by atoms with van der Waals surface area (Å²) in [6.45, 7) is -2.25. The predicted octanol–water partition coefficient (Wildman–Crippen LogP) is 3.26. The third-order valence-electron chi connectivity index (χ3n) is 0.747. The van der Waals surface area contributed by atoms with Gasteiger partial charge in [0, 0.05) is 0 Å². The molecule has 0 saturated carbocycles. The average Bonchev–Trinajstić information content (AvgIpc) is 1.79. The fourth-order valence-electron chi connectivity index (χ4n) is 0.254. The van der Waals surface area contributed by atoms with Crippen molar-refractivity contribution in [3.8, 4) is 0 Å². The maximum atomic E-state index is 12.3. The molecule has 0 bridgehead atoms. The van der Waals surface area contributed by atoms with Crippen molar-refractivity contribution in [3.05, 3.63) is 0 Å². The number of ether oxygens (including phenoxy) is 1. The van der Waals surface area contributed by atoms with Gasteiger partial charge in [-0.3, -0.25) is 0 Å². The van der Waals surface area contributed by atoms with Crippen LogP contribution in [0, 0.1) is 0 Å². The zero-order valence-corrected chi connectivity index (χ0v) is 7.15. The van der Waals surface area contributed by atoms with Gasteiger partial charge in [0.05, 0.1) is 0 Å². The molecule has 0 radical (unpaired) electrons. The summed E-state index contributed by atoms with van der Waals surface area (Å²) in [5.41, 5.74) is 0. The summed E-state index contributed by atoms with van der Waals surface area (Å²) in [4.78, 5) is 0. The van der Waals surface area contributed by atoms with Crippen LogP contribution in [0.3, 0.4) is 0 Å². The van der Waals surface area contributed by atoms with Crippen LogP contribution in [-0.4, -0.2) is 23.5 Å². The van der Waals surface area contributed by atoms with Crippen molar-refractivity contribution in [3.63, 3.8) is 0 Å². The second-order valence-corrected chi connectivity index (χ2v) is 2.88. The van der Waals surface area contributed by atoms with Gasteiger partial charge >= 0.3 is 16.9 Å². The van der Waals surface area contributed by atoms with Gasteiger partial charge in [0.15, 0.2) is 0 Å². The highest BCUT2D eigenvalue weighted by Gasteiger charge is 2.55. The van der Waals surface area contributed by atoms with Crippen LogP contribution >= 0.6 is 23.2 Å². The third kappa shape index (κ3) is 4.78. The Morgan fingerprint density at radius 1 is 0.923 bits per heavy atom. The molecule has 0 fully saturated rings. The molecule has 0 heterocycles. The Kier molecular flexibility index (Phi) is 3.74. The maximum absolute atomic E-state index is 12.3. The number of rotatable bonds is 3.